The summed E-state index contributed by atoms with van der Waals surface area (Å²) in [6, 6.07) is 12.9. The SMILES string of the molecule is CC(Cc1ccco1)N[C@@H](C)c1ccccc1Br. The molecule has 1 aromatic carbocycles. The Labute approximate surface area is 117 Å². The highest BCUT2D eigenvalue weighted by Crippen LogP contribution is 2.23. The van der Waals surface area contributed by atoms with Crippen molar-refractivity contribution in [2.75, 3.05) is 0 Å². The van der Waals surface area contributed by atoms with Crippen molar-refractivity contribution in [3.8, 4) is 0 Å². The van der Waals surface area contributed by atoms with Crippen LogP contribution in [0.15, 0.2) is 51.6 Å². The third-order valence-corrected chi connectivity index (χ3v) is 3.72. The first-order chi connectivity index (χ1) is 8.66. The van der Waals surface area contributed by atoms with Crippen molar-refractivity contribution in [3.05, 3.63) is 58.5 Å². The van der Waals surface area contributed by atoms with Gasteiger partial charge in [0.2, 0.25) is 0 Å². The zero-order valence-corrected chi connectivity index (χ0v) is 12.3. The fraction of sp³-hybridized carbons (Fsp3) is 0.333. The molecule has 2 aromatic rings. The van der Waals surface area contributed by atoms with E-state index in [1.165, 1.54) is 5.56 Å². The van der Waals surface area contributed by atoms with Crippen LogP contribution in [0.3, 0.4) is 0 Å². The fourth-order valence-corrected chi connectivity index (χ4v) is 2.76. The van der Waals surface area contributed by atoms with Crippen LogP contribution < -0.4 is 5.32 Å². The first-order valence-corrected chi connectivity index (χ1v) is 6.99. The summed E-state index contributed by atoms with van der Waals surface area (Å²) in [5.41, 5.74) is 1.28. The first kappa shape index (κ1) is 13.4. The molecule has 0 fully saturated rings. The van der Waals surface area contributed by atoms with E-state index in [0.717, 1.165) is 16.7 Å². The Morgan fingerprint density at radius 2 is 1.94 bits per heavy atom. The number of benzene rings is 1. The van der Waals surface area contributed by atoms with Crippen molar-refractivity contribution >= 4 is 15.9 Å². The maximum absolute atomic E-state index is 5.37. The van der Waals surface area contributed by atoms with Crippen molar-refractivity contribution in [1.82, 2.24) is 5.32 Å². The minimum Gasteiger partial charge on any atom is -0.469 e. The van der Waals surface area contributed by atoms with E-state index >= 15 is 0 Å². The lowest BCUT2D eigenvalue weighted by Gasteiger charge is -2.20. The molecule has 0 aliphatic heterocycles. The number of furan rings is 1. The summed E-state index contributed by atoms with van der Waals surface area (Å²) >= 11 is 3.59. The van der Waals surface area contributed by atoms with E-state index in [-0.39, 0.29) is 0 Å². The van der Waals surface area contributed by atoms with Gasteiger partial charge in [0, 0.05) is 23.0 Å². The molecule has 0 saturated heterocycles. The van der Waals surface area contributed by atoms with Crippen molar-refractivity contribution < 1.29 is 4.42 Å². The molecule has 0 radical (unpaired) electrons. The Bertz CT molecular complexity index is 481. The average Bonchev–Trinajstić information content (AvgIpc) is 2.82. The van der Waals surface area contributed by atoms with Crippen LogP contribution in [-0.4, -0.2) is 6.04 Å². The van der Waals surface area contributed by atoms with E-state index in [1.54, 1.807) is 6.26 Å². The van der Waals surface area contributed by atoms with Gasteiger partial charge >= 0.3 is 0 Å². The number of hydrogen-bond acceptors (Lipinski definition) is 2. The van der Waals surface area contributed by atoms with E-state index in [2.05, 4.69) is 53.3 Å². The van der Waals surface area contributed by atoms with Gasteiger partial charge < -0.3 is 9.73 Å². The molecule has 0 spiro atoms. The molecule has 1 aromatic heterocycles. The van der Waals surface area contributed by atoms with Crippen LogP contribution in [0, 0.1) is 0 Å². The van der Waals surface area contributed by atoms with Crippen LogP contribution in [0.1, 0.15) is 31.2 Å². The Kier molecular flexibility index (Phi) is 4.61. The zero-order chi connectivity index (χ0) is 13.0. The topological polar surface area (TPSA) is 25.2 Å². The summed E-state index contributed by atoms with van der Waals surface area (Å²) in [7, 11) is 0. The predicted molar refractivity (Wildman–Crippen MR) is 77.6 cm³/mol. The van der Waals surface area contributed by atoms with Gasteiger partial charge in [0.1, 0.15) is 5.76 Å². The van der Waals surface area contributed by atoms with Gasteiger partial charge in [-0.25, -0.2) is 0 Å². The quantitative estimate of drug-likeness (QED) is 0.889. The van der Waals surface area contributed by atoms with Crippen molar-refractivity contribution in [3.63, 3.8) is 0 Å². The van der Waals surface area contributed by atoms with Gasteiger partial charge in [0.25, 0.3) is 0 Å². The second-order valence-electron chi connectivity index (χ2n) is 4.59. The molecule has 1 N–H and O–H groups in total. The van der Waals surface area contributed by atoms with Crippen molar-refractivity contribution in [2.45, 2.75) is 32.4 Å². The number of rotatable bonds is 5. The molecule has 3 heteroatoms. The Morgan fingerprint density at radius 1 is 1.17 bits per heavy atom. The monoisotopic (exact) mass is 307 g/mol. The molecule has 2 nitrogen and oxygen atoms in total. The van der Waals surface area contributed by atoms with Crippen LogP contribution in [0.5, 0.6) is 0 Å². The highest BCUT2D eigenvalue weighted by Gasteiger charge is 2.12. The molecule has 1 heterocycles. The van der Waals surface area contributed by atoms with Crippen LogP contribution >= 0.6 is 15.9 Å². The van der Waals surface area contributed by atoms with E-state index in [1.807, 2.05) is 18.2 Å². The van der Waals surface area contributed by atoms with Crippen molar-refractivity contribution in [1.29, 1.82) is 0 Å². The molecule has 0 aliphatic carbocycles. The first-order valence-electron chi connectivity index (χ1n) is 6.19. The van der Waals surface area contributed by atoms with Crippen LogP contribution in [0.4, 0.5) is 0 Å². The zero-order valence-electron chi connectivity index (χ0n) is 10.7. The number of nitrogens with one attached hydrogen (secondary N) is 1. The van der Waals surface area contributed by atoms with Crippen LogP contribution in [-0.2, 0) is 6.42 Å². The molecule has 96 valence electrons. The van der Waals surface area contributed by atoms with Gasteiger partial charge in [-0.2, -0.15) is 0 Å². The molecule has 0 amide bonds. The molecule has 2 atom stereocenters. The normalized spacial score (nSPS) is 14.4. The van der Waals surface area contributed by atoms with Gasteiger partial charge in [-0.1, -0.05) is 34.1 Å². The largest absolute Gasteiger partial charge is 0.469 e. The molecular formula is C15H18BrNO. The minimum absolute atomic E-state index is 0.311. The summed E-state index contributed by atoms with van der Waals surface area (Å²) in [4.78, 5) is 0. The maximum Gasteiger partial charge on any atom is 0.105 e. The molecule has 0 bridgehead atoms. The van der Waals surface area contributed by atoms with Gasteiger partial charge in [-0.15, -0.1) is 0 Å². The Hall–Kier alpha value is -1.06. The molecule has 2 rings (SSSR count). The minimum atomic E-state index is 0.311. The highest BCUT2D eigenvalue weighted by molar-refractivity contribution is 9.10. The molecule has 1 unspecified atom stereocenters. The van der Waals surface area contributed by atoms with Gasteiger partial charge in [-0.3, -0.25) is 0 Å². The van der Waals surface area contributed by atoms with Gasteiger partial charge in [-0.05, 0) is 37.6 Å². The third kappa shape index (κ3) is 3.47. The summed E-state index contributed by atoms with van der Waals surface area (Å²) in [6.45, 7) is 4.36. The summed E-state index contributed by atoms with van der Waals surface area (Å²) in [5.74, 6) is 1.02. The van der Waals surface area contributed by atoms with Crippen molar-refractivity contribution in [2.24, 2.45) is 0 Å². The fourth-order valence-electron chi connectivity index (χ4n) is 2.13. The summed E-state index contributed by atoms with van der Waals surface area (Å²) in [5, 5.41) is 3.59. The van der Waals surface area contributed by atoms with Crippen LogP contribution in [0.25, 0.3) is 0 Å². The predicted octanol–water partition coefficient (Wildman–Crippen LogP) is 4.32. The number of hydrogen-bond donors (Lipinski definition) is 1. The highest BCUT2D eigenvalue weighted by atomic mass is 79.9. The molecule has 18 heavy (non-hydrogen) atoms. The Balaban J connectivity index is 1.95. The summed E-state index contributed by atoms with van der Waals surface area (Å²) < 4.78 is 6.51. The lowest BCUT2D eigenvalue weighted by atomic mass is 10.1. The van der Waals surface area contributed by atoms with Crippen LogP contribution in [0.2, 0.25) is 0 Å². The van der Waals surface area contributed by atoms with E-state index in [0.29, 0.717) is 12.1 Å². The smallest absolute Gasteiger partial charge is 0.105 e. The van der Waals surface area contributed by atoms with Gasteiger partial charge in [0.05, 0.1) is 6.26 Å². The van der Waals surface area contributed by atoms with E-state index in [4.69, 9.17) is 4.42 Å². The molecule has 0 saturated carbocycles. The third-order valence-electron chi connectivity index (χ3n) is 2.99. The lowest BCUT2D eigenvalue weighted by molar-refractivity contribution is 0.428. The van der Waals surface area contributed by atoms with Gasteiger partial charge in [0.15, 0.2) is 0 Å². The molecule has 0 aliphatic rings. The van der Waals surface area contributed by atoms with E-state index in [9.17, 15) is 0 Å². The standard InChI is InChI=1S/C15H18BrNO/c1-11(10-13-6-5-9-18-13)17-12(2)14-7-3-4-8-15(14)16/h3-9,11-12,17H,10H2,1-2H3/t11?,12-/m0/s1. The second kappa shape index (κ2) is 6.21. The average molecular weight is 308 g/mol. The van der Waals surface area contributed by atoms with E-state index < -0.39 is 0 Å². The number of halogens is 1. The summed E-state index contributed by atoms with van der Waals surface area (Å²) in [6.07, 6.45) is 2.63. The second-order valence-corrected chi connectivity index (χ2v) is 5.45. The lowest BCUT2D eigenvalue weighted by Crippen LogP contribution is -2.30. The molecular weight excluding hydrogens is 290 g/mol. The maximum atomic E-state index is 5.37. The Morgan fingerprint density at radius 3 is 2.61 bits per heavy atom.